The molecule has 2 aliphatic rings. The zero-order valence-corrected chi connectivity index (χ0v) is 9.14. The minimum absolute atomic E-state index is 0.138. The highest BCUT2D eigenvalue weighted by atomic mass is 19.1. The fourth-order valence-corrected chi connectivity index (χ4v) is 3.49. The van der Waals surface area contributed by atoms with Crippen molar-refractivity contribution < 1.29 is 4.39 Å². The van der Waals surface area contributed by atoms with Crippen LogP contribution in [0, 0.1) is 11.8 Å². The van der Waals surface area contributed by atoms with Gasteiger partial charge in [0.15, 0.2) is 0 Å². The third-order valence-electron chi connectivity index (χ3n) is 4.30. The molecule has 0 aromatic carbocycles. The summed E-state index contributed by atoms with van der Waals surface area (Å²) >= 11 is 0. The van der Waals surface area contributed by atoms with Crippen molar-refractivity contribution in [1.82, 2.24) is 0 Å². The molecule has 0 radical (unpaired) electrons. The fraction of sp³-hybridized carbons (Fsp3) is 1.00. The van der Waals surface area contributed by atoms with Gasteiger partial charge < -0.3 is 5.73 Å². The van der Waals surface area contributed by atoms with E-state index in [0.29, 0.717) is 24.7 Å². The van der Waals surface area contributed by atoms with Gasteiger partial charge in [-0.2, -0.15) is 0 Å². The lowest BCUT2D eigenvalue weighted by atomic mass is 9.61. The lowest BCUT2D eigenvalue weighted by Gasteiger charge is -2.49. The zero-order valence-electron chi connectivity index (χ0n) is 9.14. The van der Waals surface area contributed by atoms with E-state index in [1.807, 2.05) is 0 Å². The van der Waals surface area contributed by atoms with Gasteiger partial charge in [0.05, 0.1) is 0 Å². The van der Waals surface area contributed by atoms with Crippen LogP contribution in [0.1, 0.15) is 51.9 Å². The number of alkyl halides is 1. The van der Waals surface area contributed by atoms with Crippen molar-refractivity contribution in [3.63, 3.8) is 0 Å². The third kappa shape index (κ3) is 1.69. The second-order valence-electron chi connectivity index (χ2n) is 5.26. The minimum Gasteiger partial charge on any atom is -0.327 e. The Labute approximate surface area is 86.2 Å². The Morgan fingerprint density at radius 1 is 1.29 bits per heavy atom. The van der Waals surface area contributed by atoms with Gasteiger partial charge in [-0.05, 0) is 31.1 Å². The Morgan fingerprint density at radius 3 is 2.50 bits per heavy atom. The molecule has 0 bridgehead atoms. The van der Waals surface area contributed by atoms with E-state index in [1.165, 1.54) is 19.3 Å². The monoisotopic (exact) mass is 199 g/mol. The van der Waals surface area contributed by atoms with Gasteiger partial charge in [0, 0.05) is 6.04 Å². The van der Waals surface area contributed by atoms with Gasteiger partial charge in [-0.1, -0.05) is 32.6 Å². The molecule has 2 saturated carbocycles. The van der Waals surface area contributed by atoms with Gasteiger partial charge in [0.1, 0.15) is 5.67 Å². The van der Waals surface area contributed by atoms with Crippen molar-refractivity contribution in [2.45, 2.75) is 63.6 Å². The van der Waals surface area contributed by atoms with Crippen LogP contribution in [0.15, 0.2) is 0 Å². The standard InChI is InChI=1S/C12H22FN/c1-2-9-5-3-4-6-11(9)12(13)7-10(14)8-12/h9-11H,2-8,14H2,1H3. The first kappa shape index (κ1) is 10.4. The van der Waals surface area contributed by atoms with E-state index in [0.717, 1.165) is 12.8 Å². The number of nitrogens with two attached hydrogens (primary N) is 1. The zero-order chi connectivity index (χ0) is 10.2. The van der Waals surface area contributed by atoms with Crippen LogP contribution >= 0.6 is 0 Å². The summed E-state index contributed by atoms with van der Waals surface area (Å²) in [4.78, 5) is 0. The molecule has 2 fully saturated rings. The summed E-state index contributed by atoms with van der Waals surface area (Å²) in [5.41, 5.74) is 4.82. The Hall–Kier alpha value is -0.110. The largest absolute Gasteiger partial charge is 0.327 e. The summed E-state index contributed by atoms with van der Waals surface area (Å²) in [6.07, 6.45) is 7.25. The number of hydrogen-bond donors (Lipinski definition) is 1. The molecule has 0 heterocycles. The second kappa shape index (κ2) is 3.80. The van der Waals surface area contributed by atoms with E-state index in [4.69, 9.17) is 5.73 Å². The van der Waals surface area contributed by atoms with Gasteiger partial charge in [0.25, 0.3) is 0 Å². The molecule has 0 amide bonds. The summed E-state index contributed by atoms with van der Waals surface area (Å²) in [5.74, 6) is 0.947. The highest BCUT2D eigenvalue weighted by Gasteiger charge is 2.51. The molecule has 0 aliphatic heterocycles. The molecule has 0 saturated heterocycles. The summed E-state index contributed by atoms with van der Waals surface area (Å²) in [6.45, 7) is 2.20. The molecule has 2 atom stereocenters. The summed E-state index contributed by atoms with van der Waals surface area (Å²) < 4.78 is 14.4. The van der Waals surface area contributed by atoms with Gasteiger partial charge in [-0.15, -0.1) is 0 Å². The average Bonchev–Trinajstić information content (AvgIpc) is 2.15. The average molecular weight is 199 g/mol. The molecule has 2 aliphatic carbocycles. The quantitative estimate of drug-likeness (QED) is 0.727. The predicted octanol–water partition coefficient (Wildman–Crippen LogP) is 3.03. The predicted molar refractivity (Wildman–Crippen MR) is 56.8 cm³/mol. The SMILES string of the molecule is CCC1CCCCC1C1(F)CC(N)C1. The Morgan fingerprint density at radius 2 is 1.93 bits per heavy atom. The molecular weight excluding hydrogens is 177 g/mol. The van der Waals surface area contributed by atoms with E-state index in [-0.39, 0.29) is 6.04 Å². The van der Waals surface area contributed by atoms with Crippen molar-refractivity contribution in [2.24, 2.45) is 17.6 Å². The first-order valence-corrected chi connectivity index (χ1v) is 6.10. The van der Waals surface area contributed by atoms with Crippen molar-refractivity contribution in [2.75, 3.05) is 0 Å². The maximum atomic E-state index is 14.4. The third-order valence-corrected chi connectivity index (χ3v) is 4.30. The maximum Gasteiger partial charge on any atom is 0.117 e. The summed E-state index contributed by atoms with van der Waals surface area (Å²) in [7, 11) is 0. The van der Waals surface area contributed by atoms with Crippen LogP contribution in [0.4, 0.5) is 4.39 Å². The minimum atomic E-state index is -0.888. The van der Waals surface area contributed by atoms with E-state index >= 15 is 0 Å². The molecule has 2 unspecified atom stereocenters. The molecule has 2 rings (SSSR count). The number of halogens is 1. The lowest BCUT2D eigenvalue weighted by Crippen LogP contribution is -2.55. The molecule has 2 N–H and O–H groups in total. The van der Waals surface area contributed by atoms with Crippen molar-refractivity contribution in [3.05, 3.63) is 0 Å². The van der Waals surface area contributed by atoms with E-state index in [1.54, 1.807) is 0 Å². The van der Waals surface area contributed by atoms with Crippen LogP contribution in [0.2, 0.25) is 0 Å². The Balaban J connectivity index is 2.00. The lowest BCUT2D eigenvalue weighted by molar-refractivity contribution is -0.0559. The molecule has 0 spiro atoms. The molecule has 0 aromatic rings. The smallest absolute Gasteiger partial charge is 0.117 e. The summed E-state index contributed by atoms with van der Waals surface area (Å²) in [6, 6.07) is 0.138. The van der Waals surface area contributed by atoms with Crippen LogP contribution in [0.25, 0.3) is 0 Å². The van der Waals surface area contributed by atoms with Crippen LogP contribution < -0.4 is 5.73 Å². The molecule has 2 heteroatoms. The topological polar surface area (TPSA) is 26.0 Å². The van der Waals surface area contributed by atoms with Gasteiger partial charge in [-0.25, -0.2) is 4.39 Å². The molecule has 1 nitrogen and oxygen atoms in total. The van der Waals surface area contributed by atoms with Crippen LogP contribution in [-0.2, 0) is 0 Å². The second-order valence-corrected chi connectivity index (χ2v) is 5.26. The molecular formula is C12H22FN. The van der Waals surface area contributed by atoms with E-state index in [9.17, 15) is 4.39 Å². The molecule has 0 aromatic heterocycles. The first-order chi connectivity index (χ1) is 6.65. The van der Waals surface area contributed by atoms with Crippen molar-refractivity contribution in [1.29, 1.82) is 0 Å². The van der Waals surface area contributed by atoms with Gasteiger partial charge in [-0.3, -0.25) is 0 Å². The molecule has 82 valence electrons. The maximum absolute atomic E-state index is 14.4. The van der Waals surface area contributed by atoms with Crippen molar-refractivity contribution in [3.8, 4) is 0 Å². The van der Waals surface area contributed by atoms with E-state index in [2.05, 4.69) is 6.92 Å². The van der Waals surface area contributed by atoms with Crippen LogP contribution in [0.5, 0.6) is 0 Å². The number of rotatable bonds is 2. The fourth-order valence-electron chi connectivity index (χ4n) is 3.49. The van der Waals surface area contributed by atoms with Crippen LogP contribution in [0.3, 0.4) is 0 Å². The number of hydrogen-bond acceptors (Lipinski definition) is 1. The van der Waals surface area contributed by atoms with Crippen molar-refractivity contribution >= 4 is 0 Å². The van der Waals surface area contributed by atoms with Gasteiger partial charge >= 0.3 is 0 Å². The Kier molecular flexibility index (Phi) is 2.83. The van der Waals surface area contributed by atoms with Crippen LogP contribution in [-0.4, -0.2) is 11.7 Å². The van der Waals surface area contributed by atoms with Gasteiger partial charge in [0.2, 0.25) is 0 Å². The summed E-state index contributed by atoms with van der Waals surface area (Å²) in [5, 5.41) is 0. The van der Waals surface area contributed by atoms with E-state index < -0.39 is 5.67 Å². The molecule has 14 heavy (non-hydrogen) atoms. The normalized spacial score (nSPS) is 48.6. The highest BCUT2D eigenvalue weighted by Crippen LogP contribution is 2.50. The Bertz CT molecular complexity index is 198. The highest BCUT2D eigenvalue weighted by molar-refractivity contribution is 5.03. The first-order valence-electron chi connectivity index (χ1n) is 6.10.